The molecule has 0 unspecified atom stereocenters. The average molecular weight is 375 g/mol. The van der Waals surface area contributed by atoms with Crippen molar-refractivity contribution in [3.63, 3.8) is 0 Å². The summed E-state index contributed by atoms with van der Waals surface area (Å²) in [5, 5.41) is 15.6. The van der Waals surface area contributed by atoms with Crippen LogP contribution < -0.4 is 15.4 Å². The first-order chi connectivity index (χ1) is 12.9. The maximum absolute atomic E-state index is 13.2. The van der Waals surface area contributed by atoms with Gasteiger partial charge in [-0.3, -0.25) is 9.59 Å². The van der Waals surface area contributed by atoms with Crippen LogP contribution in [0.15, 0.2) is 18.2 Å². The molecule has 2 aliphatic rings. The van der Waals surface area contributed by atoms with Crippen molar-refractivity contribution >= 4 is 17.5 Å². The Hall–Kier alpha value is -2.12. The van der Waals surface area contributed by atoms with Gasteiger partial charge >= 0.3 is 0 Å². The fraction of sp³-hybridized carbons (Fsp3) is 0.600. The number of fused-ring (bicyclic) bond motifs is 1. The molecule has 148 valence electrons. The molecule has 0 aromatic heterocycles. The maximum atomic E-state index is 13.2. The van der Waals surface area contributed by atoms with E-state index in [4.69, 9.17) is 4.74 Å². The zero-order valence-electron chi connectivity index (χ0n) is 16.2. The van der Waals surface area contributed by atoms with E-state index in [1.807, 2.05) is 20.9 Å². The number of benzene rings is 1. The molecule has 1 saturated carbocycles. The van der Waals surface area contributed by atoms with Crippen molar-refractivity contribution in [2.45, 2.75) is 38.8 Å². The third kappa shape index (κ3) is 4.42. The topological polar surface area (TPSA) is 90.9 Å². The SMILES string of the molecule is CNC[C@H]1Oc2ccc(NC(=O)C3CC3)cc2C(=O)N([C@@H](C)CO)C[C@@H]1C. The average Bonchev–Trinajstić information content (AvgIpc) is 3.50. The fourth-order valence-electron chi connectivity index (χ4n) is 3.33. The predicted octanol–water partition coefficient (Wildman–Crippen LogP) is 1.47. The van der Waals surface area contributed by atoms with E-state index < -0.39 is 0 Å². The highest BCUT2D eigenvalue weighted by atomic mass is 16.5. The Balaban J connectivity index is 1.94. The van der Waals surface area contributed by atoms with Crippen molar-refractivity contribution < 1.29 is 19.4 Å². The lowest BCUT2D eigenvalue weighted by Crippen LogP contribution is -2.49. The standard InChI is InChI=1S/C20H29N3O4/c1-12-10-23(13(2)11-24)20(26)16-8-15(22-19(25)14-4-5-14)6-7-17(16)27-18(12)9-21-3/h6-8,12-14,18,21,24H,4-5,9-11H2,1-3H3,(H,22,25)/t12-,13-,18+/m0/s1. The molecule has 3 atom stereocenters. The summed E-state index contributed by atoms with van der Waals surface area (Å²) in [5.74, 6) is 0.496. The minimum absolute atomic E-state index is 0.00331. The molecule has 1 aliphatic carbocycles. The molecule has 1 aromatic rings. The van der Waals surface area contributed by atoms with E-state index in [0.717, 1.165) is 12.8 Å². The second kappa shape index (κ2) is 8.27. The number of rotatable bonds is 6. The van der Waals surface area contributed by atoms with Crippen LogP contribution in [0.4, 0.5) is 5.69 Å². The third-order valence-electron chi connectivity index (χ3n) is 5.29. The van der Waals surface area contributed by atoms with Crippen LogP contribution in [0.25, 0.3) is 0 Å². The maximum Gasteiger partial charge on any atom is 0.258 e. The van der Waals surface area contributed by atoms with E-state index in [0.29, 0.717) is 30.1 Å². The largest absolute Gasteiger partial charge is 0.488 e. The van der Waals surface area contributed by atoms with Crippen molar-refractivity contribution in [3.8, 4) is 5.75 Å². The molecule has 7 nitrogen and oxygen atoms in total. The molecule has 3 rings (SSSR count). The molecule has 0 spiro atoms. The summed E-state index contributed by atoms with van der Waals surface area (Å²) >= 11 is 0. The van der Waals surface area contributed by atoms with E-state index in [-0.39, 0.29) is 42.4 Å². The van der Waals surface area contributed by atoms with Crippen LogP contribution in [-0.2, 0) is 4.79 Å². The van der Waals surface area contributed by atoms with E-state index in [1.54, 1.807) is 23.1 Å². The number of aliphatic hydroxyl groups is 1. The van der Waals surface area contributed by atoms with Crippen LogP contribution in [0.1, 0.15) is 37.0 Å². The molecule has 2 amide bonds. The van der Waals surface area contributed by atoms with Crippen molar-refractivity contribution in [1.82, 2.24) is 10.2 Å². The first-order valence-electron chi connectivity index (χ1n) is 9.62. The van der Waals surface area contributed by atoms with E-state index >= 15 is 0 Å². The summed E-state index contributed by atoms with van der Waals surface area (Å²) in [4.78, 5) is 27.0. The number of nitrogens with zero attached hydrogens (tertiary/aromatic N) is 1. The van der Waals surface area contributed by atoms with Crippen LogP contribution in [-0.4, -0.2) is 60.7 Å². The molecule has 0 bridgehead atoms. The molecule has 1 aliphatic heterocycles. The quantitative estimate of drug-likeness (QED) is 0.701. The number of carbonyl (C=O) groups is 2. The lowest BCUT2D eigenvalue weighted by molar-refractivity contribution is -0.117. The Morgan fingerprint density at radius 2 is 2.15 bits per heavy atom. The molecule has 0 radical (unpaired) electrons. The molecule has 0 saturated heterocycles. The molecular weight excluding hydrogens is 346 g/mol. The van der Waals surface area contributed by atoms with Crippen molar-refractivity contribution in [1.29, 1.82) is 0 Å². The summed E-state index contributed by atoms with van der Waals surface area (Å²) < 4.78 is 6.16. The Bertz CT molecular complexity index is 704. The Morgan fingerprint density at radius 3 is 2.78 bits per heavy atom. The predicted molar refractivity (Wildman–Crippen MR) is 103 cm³/mol. The van der Waals surface area contributed by atoms with Crippen LogP contribution in [0, 0.1) is 11.8 Å². The van der Waals surface area contributed by atoms with Gasteiger partial charge < -0.3 is 25.4 Å². The highest BCUT2D eigenvalue weighted by molar-refractivity contribution is 6.00. The van der Waals surface area contributed by atoms with Crippen molar-refractivity contribution in [2.24, 2.45) is 11.8 Å². The Labute approximate surface area is 160 Å². The molecule has 3 N–H and O–H groups in total. The first-order valence-corrected chi connectivity index (χ1v) is 9.62. The lowest BCUT2D eigenvalue weighted by Gasteiger charge is -2.37. The summed E-state index contributed by atoms with van der Waals surface area (Å²) in [6.45, 7) is 4.91. The van der Waals surface area contributed by atoms with Crippen LogP contribution in [0.5, 0.6) is 5.75 Å². The van der Waals surface area contributed by atoms with Gasteiger partial charge in [-0.1, -0.05) is 6.92 Å². The van der Waals surface area contributed by atoms with Gasteiger partial charge in [-0.25, -0.2) is 0 Å². The molecule has 1 heterocycles. The Morgan fingerprint density at radius 1 is 1.41 bits per heavy atom. The molecular formula is C20H29N3O4. The number of likely N-dealkylation sites (N-methyl/N-ethyl adjacent to an activating group) is 1. The van der Waals surface area contributed by atoms with Gasteiger partial charge in [0.05, 0.1) is 18.2 Å². The monoisotopic (exact) mass is 375 g/mol. The number of anilines is 1. The molecule has 1 fully saturated rings. The zero-order chi connectivity index (χ0) is 19.6. The van der Waals surface area contributed by atoms with Crippen molar-refractivity contribution in [3.05, 3.63) is 23.8 Å². The van der Waals surface area contributed by atoms with Gasteiger partial charge in [-0.15, -0.1) is 0 Å². The minimum Gasteiger partial charge on any atom is -0.488 e. The summed E-state index contributed by atoms with van der Waals surface area (Å²) in [6, 6.07) is 4.90. The highest BCUT2D eigenvalue weighted by Gasteiger charge is 2.33. The van der Waals surface area contributed by atoms with Crippen LogP contribution in [0.3, 0.4) is 0 Å². The molecule has 7 heteroatoms. The van der Waals surface area contributed by atoms with Crippen LogP contribution >= 0.6 is 0 Å². The number of hydrogen-bond donors (Lipinski definition) is 3. The summed E-state index contributed by atoms with van der Waals surface area (Å²) in [5.41, 5.74) is 1.01. The number of nitrogens with one attached hydrogen (secondary N) is 2. The molecule has 27 heavy (non-hydrogen) atoms. The van der Waals surface area contributed by atoms with Crippen molar-refractivity contribution in [2.75, 3.05) is 32.1 Å². The zero-order valence-corrected chi connectivity index (χ0v) is 16.2. The second-order valence-electron chi connectivity index (χ2n) is 7.65. The van der Waals surface area contributed by atoms with Gasteiger partial charge in [0.15, 0.2) is 0 Å². The lowest BCUT2D eigenvalue weighted by atomic mass is 9.99. The smallest absolute Gasteiger partial charge is 0.258 e. The highest BCUT2D eigenvalue weighted by Crippen LogP contribution is 2.33. The second-order valence-corrected chi connectivity index (χ2v) is 7.65. The molecule has 1 aromatic carbocycles. The number of aliphatic hydroxyl groups excluding tert-OH is 1. The van der Waals surface area contributed by atoms with Gasteiger partial charge in [0.2, 0.25) is 5.91 Å². The van der Waals surface area contributed by atoms with Gasteiger partial charge in [0, 0.05) is 30.6 Å². The van der Waals surface area contributed by atoms with E-state index in [9.17, 15) is 14.7 Å². The fourth-order valence-corrected chi connectivity index (χ4v) is 3.33. The summed E-state index contributed by atoms with van der Waals surface area (Å²) in [7, 11) is 1.87. The van der Waals surface area contributed by atoms with Gasteiger partial charge in [-0.2, -0.15) is 0 Å². The van der Waals surface area contributed by atoms with E-state index in [2.05, 4.69) is 10.6 Å². The van der Waals surface area contributed by atoms with Gasteiger partial charge in [-0.05, 0) is 45.0 Å². The minimum atomic E-state index is -0.300. The third-order valence-corrected chi connectivity index (χ3v) is 5.29. The number of amides is 2. The normalized spacial score (nSPS) is 23.7. The summed E-state index contributed by atoms with van der Waals surface area (Å²) in [6.07, 6.45) is 1.73. The Kier molecular flexibility index (Phi) is 6.01. The number of hydrogen-bond acceptors (Lipinski definition) is 5. The van der Waals surface area contributed by atoms with Gasteiger partial charge in [0.25, 0.3) is 5.91 Å². The van der Waals surface area contributed by atoms with E-state index in [1.165, 1.54) is 0 Å². The van der Waals surface area contributed by atoms with Gasteiger partial charge in [0.1, 0.15) is 11.9 Å². The van der Waals surface area contributed by atoms with Crippen LogP contribution in [0.2, 0.25) is 0 Å². The number of carbonyl (C=O) groups excluding carboxylic acids is 2. The first kappa shape index (κ1) is 19.6. The number of ether oxygens (including phenoxy) is 1.